The van der Waals surface area contributed by atoms with E-state index in [1.165, 1.54) is 6.20 Å². The summed E-state index contributed by atoms with van der Waals surface area (Å²) in [5.41, 5.74) is 2.99. The van der Waals surface area contributed by atoms with Gasteiger partial charge < -0.3 is 34.7 Å². The van der Waals surface area contributed by atoms with Gasteiger partial charge in [-0.2, -0.15) is 4.73 Å². The first kappa shape index (κ1) is 35.4. The van der Waals surface area contributed by atoms with Crippen LogP contribution in [-0.2, 0) is 28.9 Å². The molecule has 1 fully saturated rings. The summed E-state index contributed by atoms with van der Waals surface area (Å²) in [6.45, 7) is 3.06. The number of carbonyl (C=O) groups is 2. The number of ether oxygens (including phenoxy) is 3. The van der Waals surface area contributed by atoms with Crippen LogP contribution in [0.2, 0.25) is 15.1 Å². The Bertz CT molecular complexity index is 1480. The quantitative estimate of drug-likeness (QED) is 0.0974. The summed E-state index contributed by atoms with van der Waals surface area (Å²) in [5, 5.41) is 25.2. The number of hydrogen-bond donors (Lipinski definition) is 2. The molecule has 1 atom stereocenters. The van der Waals surface area contributed by atoms with Crippen LogP contribution in [0.3, 0.4) is 0 Å². The lowest BCUT2D eigenvalue weighted by Crippen LogP contribution is -2.43. The zero-order valence-electron chi connectivity index (χ0n) is 25.8. The van der Waals surface area contributed by atoms with Crippen LogP contribution >= 0.6 is 34.8 Å². The number of pyridine rings is 1. The summed E-state index contributed by atoms with van der Waals surface area (Å²) < 4.78 is 17.4. The monoisotopic (exact) mass is 693 g/mol. The molecule has 2 aromatic carbocycles. The highest BCUT2D eigenvalue weighted by Crippen LogP contribution is 2.34. The van der Waals surface area contributed by atoms with Crippen LogP contribution < -0.4 is 19.5 Å². The van der Waals surface area contributed by atoms with Crippen molar-refractivity contribution in [3.05, 3.63) is 91.3 Å². The number of nitrogens with zero attached hydrogens (tertiary/aromatic N) is 2. The van der Waals surface area contributed by atoms with Crippen molar-refractivity contribution in [1.29, 1.82) is 0 Å². The molecular weight excluding hydrogens is 657 g/mol. The Labute approximate surface area is 283 Å². The normalized spacial score (nSPS) is 13.2. The maximum Gasteiger partial charge on any atom is 0.404 e. The molecule has 0 saturated heterocycles. The standard InChI is InChI=1S/C33H38Cl3N3O7/c1-21-14-28(34)31(29(35)15-21)46-13-12-45-27-9-5-22(6-10-27)16-23(18-37-33(41)42)32(40)38(25-7-8-25)19-24-17-26(4-3-11-44-2)39(43)20-30(24)36/h5-6,9-10,14-15,17,20,23,25,37H,3-4,7-8,11-13,16,18-19H2,1-2H3,(H,41,42). The molecule has 46 heavy (non-hydrogen) atoms. The lowest BCUT2D eigenvalue weighted by Gasteiger charge is -2.28. The molecule has 1 unspecified atom stereocenters. The SMILES string of the molecule is COCCCc1cc(CN(C(=O)C(CNC(=O)O)Cc2ccc(OCCOc3c(Cl)cc(C)cc3Cl)cc2)C2CC2)c(Cl)c[n+]1[O-]. The number of carboxylic acid groups (broad SMARTS) is 1. The minimum atomic E-state index is -1.21. The number of aromatic nitrogens is 1. The third-order valence-corrected chi connectivity index (χ3v) is 8.45. The van der Waals surface area contributed by atoms with Crippen LogP contribution in [0.4, 0.5) is 4.79 Å². The number of hydrogen-bond acceptors (Lipinski definition) is 6. The fourth-order valence-corrected chi connectivity index (χ4v) is 5.99. The Kier molecular flexibility index (Phi) is 13.0. The van der Waals surface area contributed by atoms with Gasteiger partial charge in [-0.3, -0.25) is 4.79 Å². The molecule has 1 aliphatic rings. The molecule has 10 nitrogen and oxygen atoms in total. The van der Waals surface area contributed by atoms with Gasteiger partial charge >= 0.3 is 6.09 Å². The summed E-state index contributed by atoms with van der Waals surface area (Å²) >= 11 is 18.9. The summed E-state index contributed by atoms with van der Waals surface area (Å²) in [5.74, 6) is 0.173. The molecule has 0 bridgehead atoms. The minimum Gasteiger partial charge on any atom is -0.618 e. The van der Waals surface area contributed by atoms with Gasteiger partial charge in [-0.15, -0.1) is 0 Å². The molecule has 0 aliphatic heterocycles. The topological polar surface area (TPSA) is 124 Å². The van der Waals surface area contributed by atoms with Crippen molar-refractivity contribution in [3.63, 3.8) is 0 Å². The zero-order valence-corrected chi connectivity index (χ0v) is 28.0. The number of methoxy groups -OCH3 is 1. The molecule has 0 spiro atoms. The van der Waals surface area contributed by atoms with E-state index in [-0.39, 0.29) is 43.3 Å². The molecular formula is C33H38Cl3N3O7. The molecule has 248 valence electrons. The largest absolute Gasteiger partial charge is 0.618 e. The van der Waals surface area contributed by atoms with Crippen molar-refractivity contribution in [1.82, 2.24) is 10.2 Å². The Hall–Kier alpha value is -3.44. The van der Waals surface area contributed by atoms with E-state index in [4.69, 9.17) is 49.0 Å². The van der Waals surface area contributed by atoms with E-state index in [2.05, 4.69) is 5.32 Å². The van der Waals surface area contributed by atoms with Gasteiger partial charge in [0.2, 0.25) is 5.91 Å². The third kappa shape index (κ3) is 10.3. The number of rotatable bonds is 17. The molecule has 2 N–H and O–H groups in total. The Morgan fingerprint density at radius 3 is 2.35 bits per heavy atom. The van der Waals surface area contributed by atoms with Crippen molar-refractivity contribution < 1.29 is 33.6 Å². The molecule has 3 aromatic rings. The van der Waals surface area contributed by atoms with Gasteiger partial charge in [0.05, 0.1) is 16.0 Å². The van der Waals surface area contributed by atoms with Crippen molar-refractivity contribution >= 4 is 46.8 Å². The summed E-state index contributed by atoms with van der Waals surface area (Å²) in [4.78, 5) is 27.1. The second-order valence-electron chi connectivity index (χ2n) is 11.2. The average Bonchev–Trinajstić information content (AvgIpc) is 3.85. The first-order valence-electron chi connectivity index (χ1n) is 15.0. The molecule has 1 aromatic heterocycles. The fourth-order valence-electron chi connectivity index (χ4n) is 5.09. The summed E-state index contributed by atoms with van der Waals surface area (Å²) in [6.07, 6.45) is 3.28. The summed E-state index contributed by atoms with van der Waals surface area (Å²) in [6, 6.07) is 12.6. The van der Waals surface area contributed by atoms with E-state index in [0.29, 0.717) is 58.7 Å². The predicted octanol–water partition coefficient (Wildman–Crippen LogP) is 6.24. The van der Waals surface area contributed by atoms with E-state index in [1.54, 1.807) is 42.3 Å². The van der Waals surface area contributed by atoms with Gasteiger partial charge in [0, 0.05) is 50.9 Å². The maximum absolute atomic E-state index is 14.0. The van der Waals surface area contributed by atoms with Gasteiger partial charge in [-0.05, 0) is 68.0 Å². The Balaban J connectivity index is 1.40. The molecule has 1 aliphatic carbocycles. The number of benzene rings is 2. The van der Waals surface area contributed by atoms with Crippen molar-refractivity contribution in [3.8, 4) is 11.5 Å². The van der Waals surface area contributed by atoms with E-state index >= 15 is 0 Å². The lowest BCUT2D eigenvalue weighted by molar-refractivity contribution is -0.614. The van der Waals surface area contributed by atoms with Crippen LogP contribution in [-0.4, -0.2) is 61.5 Å². The predicted molar refractivity (Wildman–Crippen MR) is 176 cm³/mol. The highest BCUT2D eigenvalue weighted by Gasteiger charge is 2.36. The van der Waals surface area contributed by atoms with E-state index in [9.17, 15) is 19.9 Å². The molecule has 1 saturated carbocycles. The van der Waals surface area contributed by atoms with Crippen LogP contribution in [0, 0.1) is 18.0 Å². The number of carbonyl (C=O) groups excluding carboxylic acids is 1. The second-order valence-corrected chi connectivity index (χ2v) is 12.5. The maximum atomic E-state index is 14.0. The Morgan fingerprint density at radius 1 is 1.04 bits per heavy atom. The molecule has 13 heteroatoms. The van der Waals surface area contributed by atoms with Crippen LogP contribution in [0.15, 0.2) is 48.7 Å². The van der Waals surface area contributed by atoms with Crippen molar-refractivity contribution in [2.45, 2.75) is 51.6 Å². The van der Waals surface area contributed by atoms with Gasteiger partial charge in [-0.25, -0.2) is 4.79 Å². The van der Waals surface area contributed by atoms with Crippen LogP contribution in [0.25, 0.3) is 0 Å². The van der Waals surface area contributed by atoms with E-state index in [0.717, 1.165) is 28.7 Å². The zero-order chi connectivity index (χ0) is 33.2. The van der Waals surface area contributed by atoms with Crippen LogP contribution in [0.5, 0.6) is 11.5 Å². The second kappa shape index (κ2) is 16.9. The first-order chi connectivity index (χ1) is 22.0. The fraction of sp³-hybridized carbons (Fsp3) is 0.424. The highest BCUT2D eigenvalue weighted by molar-refractivity contribution is 6.37. The van der Waals surface area contributed by atoms with Gasteiger partial charge in [0.15, 0.2) is 17.6 Å². The number of aryl methyl sites for hydroxylation is 2. The Morgan fingerprint density at radius 2 is 1.72 bits per heavy atom. The third-order valence-electron chi connectivity index (χ3n) is 7.55. The lowest BCUT2D eigenvalue weighted by atomic mass is 9.97. The van der Waals surface area contributed by atoms with Crippen molar-refractivity contribution in [2.24, 2.45) is 5.92 Å². The first-order valence-corrected chi connectivity index (χ1v) is 16.2. The van der Waals surface area contributed by atoms with Gasteiger partial charge in [0.25, 0.3) is 0 Å². The highest BCUT2D eigenvalue weighted by atomic mass is 35.5. The number of amides is 2. The molecule has 1 heterocycles. The average molecular weight is 695 g/mol. The minimum absolute atomic E-state index is 0.0232. The van der Waals surface area contributed by atoms with Gasteiger partial charge in [-0.1, -0.05) is 46.9 Å². The molecule has 0 radical (unpaired) electrons. The van der Waals surface area contributed by atoms with Crippen LogP contribution in [0.1, 0.15) is 41.6 Å². The molecule has 2 amide bonds. The summed E-state index contributed by atoms with van der Waals surface area (Å²) in [7, 11) is 1.60. The van der Waals surface area contributed by atoms with Crippen molar-refractivity contribution in [2.75, 3.05) is 33.5 Å². The van der Waals surface area contributed by atoms with E-state index in [1.807, 2.05) is 19.1 Å². The van der Waals surface area contributed by atoms with E-state index < -0.39 is 12.0 Å². The number of halogens is 3. The number of nitrogens with one attached hydrogen (secondary N) is 1. The molecule has 4 rings (SSSR count). The van der Waals surface area contributed by atoms with Gasteiger partial charge in [0.1, 0.15) is 24.0 Å². The smallest absolute Gasteiger partial charge is 0.404 e.